The van der Waals surface area contributed by atoms with Gasteiger partial charge in [-0.25, -0.2) is 23.4 Å². The van der Waals surface area contributed by atoms with Gasteiger partial charge >= 0.3 is 11.9 Å². The second-order valence-corrected chi connectivity index (χ2v) is 6.62. The lowest BCUT2D eigenvalue weighted by Crippen LogP contribution is -2.13. The molecule has 0 aromatic heterocycles. The molecule has 0 spiro atoms. The van der Waals surface area contributed by atoms with Crippen LogP contribution < -0.4 is 9.47 Å². The number of benzene rings is 3. The van der Waals surface area contributed by atoms with Gasteiger partial charge in [-0.05, 0) is 54.1 Å². The molecule has 0 saturated carbocycles. The van der Waals surface area contributed by atoms with Crippen molar-refractivity contribution in [1.82, 2.24) is 0 Å². The van der Waals surface area contributed by atoms with Crippen molar-refractivity contribution in [2.75, 3.05) is 7.11 Å². The topological polar surface area (TPSA) is 74.2 Å². The molecule has 0 fully saturated rings. The van der Waals surface area contributed by atoms with E-state index in [0.717, 1.165) is 18.2 Å². The molecule has 0 radical (unpaired) electrons. The minimum atomic E-state index is -1.15. The fourth-order valence-electron chi connectivity index (χ4n) is 2.93. The molecule has 1 heterocycles. The van der Waals surface area contributed by atoms with Crippen LogP contribution in [0.15, 0.2) is 77.4 Å². The molecule has 0 bridgehead atoms. The Morgan fingerprint density at radius 3 is 2.34 bits per heavy atom. The van der Waals surface area contributed by atoms with Crippen LogP contribution in [0.4, 0.5) is 8.78 Å². The molecule has 0 amide bonds. The minimum Gasteiger partial charge on any atom is -0.497 e. The molecule has 0 saturated heterocycles. The maximum Gasteiger partial charge on any atom is 0.363 e. The standard InChI is InChI=1S/C24H15F2NO5/c1-30-17-5-2-4-15(13-17)22-27-20(23(28)32-22)12-14-8-10-16(11-9-14)31-24(29)21-18(25)6-3-7-19(21)26/h2-13H,1H3/b20-12+. The van der Waals surface area contributed by atoms with Crippen LogP contribution >= 0.6 is 0 Å². The monoisotopic (exact) mass is 435 g/mol. The van der Waals surface area contributed by atoms with Crippen molar-refractivity contribution >= 4 is 23.9 Å². The highest BCUT2D eigenvalue weighted by atomic mass is 19.1. The Hall–Kier alpha value is -4.33. The van der Waals surface area contributed by atoms with E-state index in [1.807, 2.05) is 0 Å². The van der Waals surface area contributed by atoms with E-state index in [1.54, 1.807) is 36.4 Å². The van der Waals surface area contributed by atoms with Crippen LogP contribution in [0.3, 0.4) is 0 Å². The van der Waals surface area contributed by atoms with Gasteiger partial charge in [0.15, 0.2) is 5.70 Å². The molecule has 3 aromatic rings. The predicted octanol–water partition coefficient (Wildman–Crippen LogP) is 4.54. The summed E-state index contributed by atoms with van der Waals surface area (Å²) in [5.41, 5.74) is 0.473. The van der Waals surface area contributed by atoms with E-state index >= 15 is 0 Å². The van der Waals surface area contributed by atoms with Crippen LogP contribution in [0, 0.1) is 11.6 Å². The molecule has 160 valence electrons. The molecular weight excluding hydrogens is 420 g/mol. The van der Waals surface area contributed by atoms with Crippen molar-refractivity contribution in [2.45, 2.75) is 0 Å². The molecule has 4 rings (SSSR count). The lowest BCUT2D eigenvalue weighted by molar-refractivity contribution is -0.129. The van der Waals surface area contributed by atoms with Gasteiger partial charge in [0.1, 0.15) is 28.7 Å². The SMILES string of the molecule is COc1cccc(C2=N/C(=C/c3ccc(OC(=O)c4c(F)cccc4F)cc3)C(=O)O2)c1. The number of nitrogens with zero attached hydrogens (tertiary/aromatic N) is 1. The third kappa shape index (κ3) is 4.39. The molecule has 32 heavy (non-hydrogen) atoms. The summed E-state index contributed by atoms with van der Waals surface area (Å²) in [6.45, 7) is 0. The van der Waals surface area contributed by atoms with Crippen LogP contribution in [0.25, 0.3) is 6.08 Å². The first-order valence-corrected chi connectivity index (χ1v) is 9.38. The van der Waals surface area contributed by atoms with Crippen molar-refractivity contribution < 1.29 is 32.6 Å². The minimum absolute atomic E-state index is 0.0781. The van der Waals surface area contributed by atoms with Gasteiger partial charge in [-0.3, -0.25) is 0 Å². The number of hydrogen-bond acceptors (Lipinski definition) is 6. The van der Waals surface area contributed by atoms with E-state index < -0.39 is 29.1 Å². The van der Waals surface area contributed by atoms with Gasteiger partial charge in [-0.15, -0.1) is 0 Å². The maximum atomic E-state index is 13.7. The number of carbonyl (C=O) groups excluding carboxylic acids is 2. The lowest BCUT2D eigenvalue weighted by Gasteiger charge is -2.06. The number of carbonyl (C=O) groups is 2. The normalized spacial score (nSPS) is 14.2. The van der Waals surface area contributed by atoms with Crippen LogP contribution in [0.5, 0.6) is 11.5 Å². The Balaban J connectivity index is 1.51. The fraction of sp³-hybridized carbons (Fsp3) is 0.0417. The quantitative estimate of drug-likeness (QED) is 0.334. The van der Waals surface area contributed by atoms with Crippen LogP contribution in [-0.4, -0.2) is 24.9 Å². The van der Waals surface area contributed by atoms with Gasteiger partial charge in [0.2, 0.25) is 5.90 Å². The zero-order valence-electron chi connectivity index (χ0n) is 16.7. The van der Waals surface area contributed by atoms with Crippen molar-refractivity contribution in [3.8, 4) is 11.5 Å². The summed E-state index contributed by atoms with van der Waals surface area (Å²) in [7, 11) is 1.53. The Labute approximate surface area is 181 Å². The molecule has 0 atom stereocenters. The zero-order valence-corrected chi connectivity index (χ0v) is 16.7. The summed E-state index contributed by atoms with van der Waals surface area (Å²) in [5, 5.41) is 0. The average Bonchev–Trinajstić information content (AvgIpc) is 3.15. The number of cyclic esters (lactones) is 1. The molecule has 8 heteroatoms. The van der Waals surface area contributed by atoms with Crippen LogP contribution in [0.2, 0.25) is 0 Å². The number of methoxy groups -OCH3 is 1. The summed E-state index contributed by atoms with van der Waals surface area (Å²) in [4.78, 5) is 28.5. The van der Waals surface area contributed by atoms with E-state index in [2.05, 4.69) is 4.99 Å². The number of ether oxygens (including phenoxy) is 3. The number of aliphatic imine (C=N–C) groups is 1. The van der Waals surface area contributed by atoms with E-state index in [9.17, 15) is 18.4 Å². The fourth-order valence-corrected chi connectivity index (χ4v) is 2.93. The first-order valence-electron chi connectivity index (χ1n) is 9.38. The lowest BCUT2D eigenvalue weighted by atomic mass is 10.2. The molecule has 0 aliphatic carbocycles. The van der Waals surface area contributed by atoms with Gasteiger partial charge < -0.3 is 14.2 Å². The highest BCUT2D eigenvalue weighted by Crippen LogP contribution is 2.23. The smallest absolute Gasteiger partial charge is 0.363 e. The summed E-state index contributed by atoms with van der Waals surface area (Å²) >= 11 is 0. The van der Waals surface area contributed by atoms with Gasteiger partial charge in [0.25, 0.3) is 0 Å². The first kappa shape index (κ1) is 20.9. The summed E-state index contributed by atoms with van der Waals surface area (Å²) < 4.78 is 42.8. The zero-order chi connectivity index (χ0) is 22.7. The second-order valence-electron chi connectivity index (χ2n) is 6.62. The van der Waals surface area contributed by atoms with Crippen molar-refractivity contribution in [1.29, 1.82) is 0 Å². The molecule has 0 unspecified atom stereocenters. The Bertz CT molecular complexity index is 1250. The number of rotatable bonds is 5. The maximum absolute atomic E-state index is 13.7. The molecule has 6 nitrogen and oxygen atoms in total. The molecule has 1 aliphatic heterocycles. The second kappa shape index (κ2) is 8.81. The summed E-state index contributed by atoms with van der Waals surface area (Å²) in [6.07, 6.45) is 1.50. The highest BCUT2D eigenvalue weighted by Gasteiger charge is 2.24. The number of esters is 2. The van der Waals surface area contributed by atoms with Gasteiger partial charge in [-0.1, -0.05) is 24.3 Å². The van der Waals surface area contributed by atoms with E-state index in [-0.39, 0.29) is 17.3 Å². The van der Waals surface area contributed by atoms with E-state index in [0.29, 0.717) is 16.9 Å². The predicted molar refractivity (Wildman–Crippen MR) is 111 cm³/mol. The summed E-state index contributed by atoms with van der Waals surface area (Å²) in [6, 6.07) is 16.0. The van der Waals surface area contributed by atoms with Crippen molar-refractivity contribution in [2.24, 2.45) is 4.99 Å². The third-order valence-electron chi connectivity index (χ3n) is 4.50. The van der Waals surface area contributed by atoms with Crippen LogP contribution in [-0.2, 0) is 9.53 Å². The average molecular weight is 435 g/mol. The number of halogens is 2. The molecule has 1 aliphatic rings. The Morgan fingerprint density at radius 2 is 1.66 bits per heavy atom. The van der Waals surface area contributed by atoms with Crippen molar-refractivity contribution in [3.63, 3.8) is 0 Å². The molecule has 3 aromatic carbocycles. The largest absolute Gasteiger partial charge is 0.497 e. The van der Waals surface area contributed by atoms with Crippen molar-refractivity contribution in [3.05, 3.63) is 101 Å². The Morgan fingerprint density at radius 1 is 0.969 bits per heavy atom. The molecule has 0 N–H and O–H groups in total. The van der Waals surface area contributed by atoms with Gasteiger partial charge in [0, 0.05) is 5.56 Å². The highest BCUT2D eigenvalue weighted by molar-refractivity contribution is 6.13. The van der Waals surface area contributed by atoms with Gasteiger partial charge in [0.05, 0.1) is 7.11 Å². The van der Waals surface area contributed by atoms with Crippen LogP contribution in [0.1, 0.15) is 21.5 Å². The van der Waals surface area contributed by atoms with Gasteiger partial charge in [-0.2, -0.15) is 0 Å². The Kier molecular flexibility index (Phi) is 5.76. The first-order chi connectivity index (χ1) is 15.4. The summed E-state index contributed by atoms with van der Waals surface area (Å²) in [5.74, 6) is -2.97. The molecular formula is C24H15F2NO5. The van der Waals surface area contributed by atoms with E-state index in [1.165, 1.54) is 25.3 Å². The third-order valence-corrected chi connectivity index (χ3v) is 4.50. The van der Waals surface area contributed by atoms with E-state index in [4.69, 9.17) is 14.2 Å². The number of hydrogen-bond donors (Lipinski definition) is 0.